The quantitative estimate of drug-likeness (QED) is 0.677. The van der Waals surface area contributed by atoms with Gasteiger partial charge in [-0.3, -0.25) is 0 Å². The van der Waals surface area contributed by atoms with Crippen molar-refractivity contribution >= 4 is 34.7 Å². The smallest absolute Gasteiger partial charge is 0.398 e. The van der Waals surface area contributed by atoms with Gasteiger partial charge in [-0.25, -0.2) is 0 Å². The van der Waals surface area contributed by atoms with E-state index in [-0.39, 0.29) is 0 Å². The van der Waals surface area contributed by atoms with E-state index in [9.17, 15) is 0 Å². The van der Waals surface area contributed by atoms with E-state index in [4.69, 9.17) is 16.8 Å². The van der Waals surface area contributed by atoms with E-state index in [0.717, 1.165) is 0 Å². The van der Waals surface area contributed by atoms with Crippen LogP contribution in [0.3, 0.4) is 0 Å². The van der Waals surface area contributed by atoms with Gasteiger partial charge in [0.05, 0.1) is 0 Å². The molecule has 0 aliphatic heterocycles. The average Bonchev–Trinajstić information content (AvgIpc) is 1.95. The lowest BCUT2D eigenvalue weighted by Crippen LogP contribution is -2.60. The average molecular weight is 313 g/mol. The predicted molar refractivity (Wildman–Crippen MR) is 81.6 cm³/mol. The summed E-state index contributed by atoms with van der Waals surface area (Å²) in [6.45, 7) is 17.0. The fraction of sp³-hybridized carbons (Fsp3) is 1.00. The Labute approximate surface area is 111 Å². The Kier molecular flexibility index (Phi) is 6.50. The van der Waals surface area contributed by atoms with Crippen LogP contribution in [0.15, 0.2) is 0 Å². The zero-order valence-electron chi connectivity index (χ0n) is 12.7. The number of rotatable bonds is 7. The minimum Gasteiger partial charge on any atom is -0.398 e. The summed E-state index contributed by atoms with van der Waals surface area (Å²) in [5.41, 5.74) is 0. The molecule has 0 saturated heterocycles. The summed E-state index contributed by atoms with van der Waals surface area (Å²) in [5.74, 6) is 0. The number of hydrogen-bond acceptors (Lipinski definition) is 4. The normalized spacial score (nSPS) is 14.5. The van der Waals surface area contributed by atoms with Crippen LogP contribution in [0.25, 0.3) is 0 Å². The lowest BCUT2D eigenvalue weighted by Gasteiger charge is -2.37. The molecule has 0 aliphatic carbocycles. The second-order valence-electron chi connectivity index (χ2n) is 6.30. The highest BCUT2D eigenvalue weighted by atomic mass is 28.5. The molecule has 0 aromatic carbocycles. The molecular weight excluding hydrogens is 284 g/mol. The summed E-state index contributed by atoms with van der Waals surface area (Å²) in [6.07, 6.45) is 0. The Hall–Kier alpha value is 0.708. The predicted octanol–water partition coefficient (Wildman–Crippen LogP) is 2.77. The van der Waals surface area contributed by atoms with Crippen molar-refractivity contribution in [1.29, 1.82) is 0 Å². The van der Waals surface area contributed by atoms with Gasteiger partial charge in [0, 0.05) is 7.11 Å². The molecule has 0 atom stereocenters. The summed E-state index contributed by atoms with van der Waals surface area (Å²) in [5, 5.41) is 0. The van der Waals surface area contributed by atoms with Crippen LogP contribution in [0.2, 0.25) is 52.4 Å². The first-order valence-electron chi connectivity index (χ1n) is 6.02. The lowest BCUT2D eigenvalue weighted by atomic mass is 11.8. The molecule has 0 aromatic heterocycles. The zero-order valence-corrected chi connectivity index (χ0v) is 16.9. The SMILES string of the molecule is CO[Si](O[SiH](C)C)(O[Si](C)(C)C)O[Si](C)(C)C. The molecule has 8 heteroatoms. The van der Waals surface area contributed by atoms with Gasteiger partial charge in [0.2, 0.25) is 0 Å². The molecule has 0 bridgehead atoms. The van der Waals surface area contributed by atoms with Gasteiger partial charge in [-0.05, 0) is 52.4 Å². The molecule has 0 unspecified atom stereocenters. The highest BCUT2D eigenvalue weighted by molar-refractivity contribution is 6.85. The maximum Gasteiger partial charge on any atom is 0.647 e. The fourth-order valence-electron chi connectivity index (χ4n) is 1.24. The molecule has 0 heterocycles. The molecule has 0 N–H and O–H groups in total. The van der Waals surface area contributed by atoms with Crippen LogP contribution in [0, 0.1) is 0 Å². The first-order chi connectivity index (χ1) is 7.39. The maximum absolute atomic E-state index is 6.14. The van der Waals surface area contributed by atoms with Crippen molar-refractivity contribution in [3.63, 3.8) is 0 Å². The molecule has 0 amide bonds. The van der Waals surface area contributed by atoms with E-state index < -0.39 is 34.7 Å². The van der Waals surface area contributed by atoms with Gasteiger partial charge >= 0.3 is 9.05 Å². The van der Waals surface area contributed by atoms with Crippen LogP contribution >= 0.6 is 0 Å². The maximum atomic E-state index is 6.14. The largest absolute Gasteiger partial charge is 0.647 e. The zero-order chi connectivity index (χ0) is 13.9. The lowest BCUT2D eigenvalue weighted by molar-refractivity contribution is 0.113. The van der Waals surface area contributed by atoms with Crippen molar-refractivity contribution in [3.8, 4) is 0 Å². The van der Waals surface area contributed by atoms with Gasteiger partial charge in [-0.15, -0.1) is 0 Å². The third-order valence-electron chi connectivity index (χ3n) is 1.49. The van der Waals surface area contributed by atoms with Crippen molar-refractivity contribution in [2.75, 3.05) is 7.11 Å². The van der Waals surface area contributed by atoms with Crippen molar-refractivity contribution < 1.29 is 16.8 Å². The van der Waals surface area contributed by atoms with Gasteiger partial charge in [0.25, 0.3) is 0 Å². The van der Waals surface area contributed by atoms with E-state index in [0.29, 0.717) is 0 Å². The Morgan fingerprint density at radius 2 is 1.12 bits per heavy atom. The summed E-state index contributed by atoms with van der Waals surface area (Å²) in [7, 11) is -6.04. The fourth-order valence-corrected chi connectivity index (χ4v) is 12.4. The third-order valence-corrected chi connectivity index (χ3v) is 11.9. The Morgan fingerprint density at radius 3 is 1.29 bits per heavy atom. The summed E-state index contributed by atoms with van der Waals surface area (Å²) in [6, 6.07) is 0. The Morgan fingerprint density at radius 1 is 0.765 bits per heavy atom. The molecule has 0 radical (unpaired) electrons. The van der Waals surface area contributed by atoms with Gasteiger partial charge in [0.15, 0.2) is 25.7 Å². The van der Waals surface area contributed by atoms with E-state index >= 15 is 0 Å². The van der Waals surface area contributed by atoms with Crippen molar-refractivity contribution in [2.45, 2.75) is 52.4 Å². The second-order valence-corrected chi connectivity index (χ2v) is 20.8. The molecule has 17 heavy (non-hydrogen) atoms. The van der Waals surface area contributed by atoms with E-state index in [1.165, 1.54) is 0 Å². The van der Waals surface area contributed by atoms with Crippen molar-refractivity contribution in [2.24, 2.45) is 0 Å². The highest BCUT2D eigenvalue weighted by Crippen LogP contribution is 2.23. The number of hydrogen-bond donors (Lipinski definition) is 0. The van der Waals surface area contributed by atoms with Gasteiger partial charge < -0.3 is 16.8 Å². The minimum absolute atomic E-state index is 1.26. The minimum atomic E-state index is -2.92. The molecule has 0 rings (SSSR count). The standard InChI is InChI=1S/C9H28O4Si4/c1-10-17(11-14(2)3,12-15(4,5)6)13-16(7,8)9/h14H,1-9H3. The molecule has 0 spiro atoms. The van der Waals surface area contributed by atoms with Crippen LogP contribution in [0.4, 0.5) is 0 Å². The first-order valence-corrected chi connectivity index (χ1v) is 17.3. The van der Waals surface area contributed by atoms with Gasteiger partial charge in [-0.1, -0.05) is 0 Å². The second kappa shape index (κ2) is 6.24. The van der Waals surface area contributed by atoms with Gasteiger partial charge in [0.1, 0.15) is 0 Å². The monoisotopic (exact) mass is 312 g/mol. The summed E-state index contributed by atoms with van der Waals surface area (Å²) in [4.78, 5) is 0. The molecular formula is C9H28O4Si4. The van der Waals surface area contributed by atoms with Gasteiger partial charge in [-0.2, -0.15) is 0 Å². The molecule has 0 aromatic rings. The van der Waals surface area contributed by atoms with Crippen LogP contribution in [-0.4, -0.2) is 41.8 Å². The van der Waals surface area contributed by atoms with E-state index in [1.807, 2.05) is 0 Å². The van der Waals surface area contributed by atoms with E-state index in [1.54, 1.807) is 7.11 Å². The first kappa shape index (κ1) is 17.7. The third kappa shape index (κ3) is 8.43. The molecule has 0 fully saturated rings. The van der Waals surface area contributed by atoms with Crippen LogP contribution in [0.5, 0.6) is 0 Å². The van der Waals surface area contributed by atoms with Crippen LogP contribution in [-0.2, 0) is 16.8 Å². The molecule has 4 nitrogen and oxygen atoms in total. The molecule has 0 saturated carbocycles. The highest BCUT2D eigenvalue weighted by Gasteiger charge is 2.50. The van der Waals surface area contributed by atoms with E-state index in [2.05, 4.69) is 52.4 Å². The Bertz CT molecular complexity index is 218. The summed E-state index contributed by atoms with van der Waals surface area (Å²) >= 11 is 0. The van der Waals surface area contributed by atoms with Crippen LogP contribution in [0.1, 0.15) is 0 Å². The molecule has 104 valence electrons. The Balaban J connectivity index is 5.01. The summed E-state index contributed by atoms with van der Waals surface area (Å²) < 4.78 is 23.9. The molecule has 0 aliphatic rings. The van der Waals surface area contributed by atoms with Crippen LogP contribution < -0.4 is 0 Å². The van der Waals surface area contributed by atoms with Crippen molar-refractivity contribution in [3.05, 3.63) is 0 Å². The van der Waals surface area contributed by atoms with Crippen molar-refractivity contribution in [1.82, 2.24) is 0 Å². The topological polar surface area (TPSA) is 36.9 Å².